The lowest BCUT2D eigenvalue weighted by Crippen LogP contribution is -2.21. The Morgan fingerprint density at radius 2 is 2.00 bits per heavy atom. The fourth-order valence-electron chi connectivity index (χ4n) is 2.37. The van der Waals surface area contributed by atoms with Crippen molar-refractivity contribution in [2.24, 2.45) is 5.41 Å². The van der Waals surface area contributed by atoms with E-state index in [-0.39, 0.29) is 5.41 Å². The van der Waals surface area contributed by atoms with Crippen molar-refractivity contribution < 1.29 is 4.74 Å². The van der Waals surface area contributed by atoms with Crippen molar-refractivity contribution in [2.75, 3.05) is 13.2 Å². The fourth-order valence-corrected chi connectivity index (χ4v) is 2.37. The van der Waals surface area contributed by atoms with Gasteiger partial charge in [0.2, 0.25) is 0 Å². The Balaban J connectivity index is 2.61. The molecule has 1 unspecified atom stereocenters. The Bertz CT molecular complexity index is 463. The van der Waals surface area contributed by atoms with Crippen LogP contribution in [0, 0.1) is 16.7 Å². The second kappa shape index (κ2) is 8.69. The van der Waals surface area contributed by atoms with Crippen LogP contribution in [0.15, 0.2) is 24.3 Å². The van der Waals surface area contributed by atoms with E-state index in [0.717, 1.165) is 31.6 Å². The number of rotatable bonds is 9. The van der Waals surface area contributed by atoms with Gasteiger partial charge in [0, 0.05) is 11.6 Å². The Labute approximate surface area is 129 Å². The van der Waals surface area contributed by atoms with Crippen LogP contribution in [-0.2, 0) is 0 Å². The van der Waals surface area contributed by atoms with Crippen LogP contribution in [0.1, 0.15) is 58.6 Å². The molecule has 0 aromatic heterocycles. The van der Waals surface area contributed by atoms with E-state index in [2.05, 4.69) is 37.4 Å². The molecule has 3 nitrogen and oxygen atoms in total. The SMILES string of the molecule is CCNC(CC)c1ccccc1OCCCC(C)(C)C#N. The second-order valence-electron chi connectivity index (χ2n) is 6.00. The van der Waals surface area contributed by atoms with Crippen molar-refractivity contribution in [1.82, 2.24) is 5.32 Å². The maximum atomic E-state index is 9.02. The van der Waals surface area contributed by atoms with E-state index in [0.29, 0.717) is 12.6 Å². The third-order valence-corrected chi connectivity index (χ3v) is 3.66. The number of hydrogen-bond acceptors (Lipinski definition) is 3. The summed E-state index contributed by atoms with van der Waals surface area (Å²) in [6, 6.07) is 10.9. The number of benzene rings is 1. The minimum Gasteiger partial charge on any atom is -0.493 e. The Morgan fingerprint density at radius 1 is 1.29 bits per heavy atom. The first kappa shape index (κ1) is 17.5. The van der Waals surface area contributed by atoms with Gasteiger partial charge in [-0.2, -0.15) is 5.26 Å². The van der Waals surface area contributed by atoms with Gasteiger partial charge >= 0.3 is 0 Å². The molecule has 0 aliphatic rings. The number of nitriles is 1. The van der Waals surface area contributed by atoms with Gasteiger partial charge < -0.3 is 10.1 Å². The van der Waals surface area contributed by atoms with Crippen molar-refractivity contribution in [1.29, 1.82) is 5.26 Å². The van der Waals surface area contributed by atoms with Gasteiger partial charge in [0.05, 0.1) is 18.1 Å². The van der Waals surface area contributed by atoms with E-state index in [4.69, 9.17) is 10.00 Å². The molecule has 1 atom stereocenters. The standard InChI is InChI=1S/C18H28N2O/c1-5-16(20-6-2)15-10-7-8-11-17(15)21-13-9-12-18(3,4)14-19/h7-8,10-11,16,20H,5-6,9,12-13H2,1-4H3. The molecule has 21 heavy (non-hydrogen) atoms. The van der Waals surface area contributed by atoms with Crippen molar-refractivity contribution in [3.8, 4) is 11.8 Å². The molecular formula is C18H28N2O. The van der Waals surface area contributed by atoms with Crippen LogP contribution in [0.2, 0.25) is 0 Å². The van der Waals surface area contributed by atoms with Crippen LogP contribution in [0.25, 0.3) is 0 Å². The Morgan fingerprint density at radius 3 is 2.62 bits per heavy atom. The van der Waals surface area contributed by atoms with Gasteiger partial charge in [-0.25, -0.2) is 0 Å². The minimum absolute atomic E-state index is 0.265. The first-order valence-corrected chi connectivity index (χ1v) is 7.90. The third kappa shape index (κ3) is 5.77. The normalized spacial score (nSPS) is 12.7. The molecule has 0 radical (unpaired) electrons. The van der Waals surface area contributed by atoms with E-state index in [1.54, 1.807) is 0 Å². The summed E-state index contributed by atoms with van der Waals surface area (Å²) in [5.74, 6) is 0.958. The van der Waals surface area contributed by atoms with Crippen LogP contribution in [0.4, 0.5) is 0 Å². The third-order valence-electron chi connectivity index (χ3n) is 3.66. The molecule has 0 bridgehead atoms. The lowest BCUT2D eigenvalue weighted by molar-refractivity contribution is 0.279. The molecular weight excluding hydrogens is 260 g/mol. The molecule has 0 fully saturated rings. The van der Waals surface area contributed by atoms with Crippen molar-refractivity contribution in [3.05, 3.63) is 29.8 Å². The highest BCUT2D eigenvalue weighted by molar-refractivity contribution is 5.35. The van der Waals surface area contributed by atoms with Gasteiger partial charge in [-0.3, -0.25) is 0 Å². The van der Waals surface area contributed by atoms with Crippen molar-refractivity contribution in [2.45, 2.75) is 53.0 Å². The van der Waals surface area contributed by atoms with E-state index >= 15 is 0 Å². The molecule has 0 aliphatic heterocycles. The molecule has 1 aromatic rings. The summed E-state index contributed by atoms with van der Waals surface area (Å²) in [7, 11) is 0. The number of ether oxygens (including phenoxy) is 1. The van der Waals surface area contributed by atoms with Crippen LogP contribution in [-0.4, -0.2) is 13.2 Å². The summed E-state index contributed by atoms with van der Waals surface area (Å²) in [6.45, 7) is 9.85. The lowest BCUT2D eigenvalue weighted by atomic mass is 9.90. The molecule has 1 rings (SSSR count). The van der Waals surface area contributed by atoms with E-state index in [1.807, 2.05) is 26.0 Å². The van der Waals surface area contributed by atoms with Crippen LogP contribution in [0.5, 0.6) is 5.75 Å². The molecule has 1 N–H and O–H groups in total. The zero-order valence-electron chi connectivity index (χ0n) is 13.8. The number of nitrogens with one attached hydrogen (secondary N) is 1. The smallest absolute Gasteiger partial charge is 0.124 e. The zero-order valence-corrected chi connectivity index (χ0v) is 13.8. The Kier molecular flexibility index (Phi) is 7.25. The first-order valence-electron chi connectivity index (χ1n) is 7.90. The van der Waals surface area contributed by atoms with Gasteiger partial charge in [-0.05, 0) is 45.7 Å². The molecule has 0 saturated carbocycles. The molecule has 0 heterocycles. The molecule has 3 heteroatoms. The quantitative estimate of drug-likeness (QED) is 0.682. The summed E-state index contributed by atoms with van der Waals surface area (Å²) >= 11 is 0. The van der Waals surface area contributed by atoms with Crippen LogP contribution < -0.4 is 10.1 Å². The van der Waals surface area contributed by atoms with Crippen molar-refractivity contribution >= 4 is 0 Å². The summed E-state index contributed by atoms with van der Waals surface area (Å²) < 4.78 is 5.96. The highest BCUT2D eigenvalue weighted by Gasteiger charge is 2.16. The van der Waals surface area contributed by atoms with Gasteiger partial charge in [0.25, 0.3) is 0 Å². The van der Waals surface area contributed by atoms with Gasteiger partial charge in [0.1, 0.15) is 5.75 Å². The van der Waals surface area contributed by atoms with Gasteiger partial charge in [0.15, 0.2) is 0 Å². The van der Waals surface area contributed by atoms with Gasteiger partial charge in [-0.1, -0.05) is 32.0 Å². The summed E-state index contributed by atoms with van der Waals surface area (Å²) in [5, 5.41) is 12.5. The zero-order chi connectivity index (χ0) is 15.7. The maximum Gasteiger partial charge on any atom is 0.124 e. The molecule has 0 aliphatic carbocycles. The molecule has 0 spiro atoms. The molecule has 1 aromatic carbocycles. The highest BCUT2D eigenvalue weighted by Crippen LogP contribution is 2.28. The molecule has 0 amide bonds. The maximum absolute atomic E-state index is 9.02. The average Bonchev–Trinajstić information content (AvgIpc) is 2.50. The average molecular weight is 288 g/mol. The summed E-state index contributed by atoms with van der Waals surface area (Å²) in [5.41, 5.74) is 0.958. The number of nitrogens with zero attached hydrogens (tertiary/aromatic N) is 1. The van der Waals surface area contributed by atoms with Crippen molar-refractivity contribution in [3.63, 3.8) is 0 Å². The first-order chi connectivity index (χ1) is 10.0. The van der Waals surface area contributed by atoms with Crippen LogP contribution >= 0.6 is 0 Å². The molecule has 116 valence electrons. The predicted octanol–water partition coefficient (Wildman–Crippen LogP) is 4.46. The number of hydrogen-bond donors (Lipinski definition) is 1. The van der Waals surface area contributed by atoms with E-state index in [9.17, 15) is 0 Å². The second-order valence-corrected chi connectivity index (χ2v) is 6.00. The lowest BCUT2D eigenvalue weighted by Gasteiger charge is -2.20. The number of para-hydroxylation sites is 1. The highest BCUT2D eigenvalue weighted by atomic mass is 16.5. The molecule has 0 saturated heterocycles. The topological polar surface area (TPSA) is 45.0 Å². The van der Waals surface area contributed by atoms with E-state index < -0.39 is 0 Å². The predicted molar refractivity (Wildman–Crippen MR) is 87.3 cm³/mol. The summed E-state index contributed by atoms with van der Waals surface area (Å²) in [4.78, 5) is 0. The minimum atomic E-state index is -0.265. The van der Waals surface area contributed by atoms with Gasteiger partial charge in [-0.15, -0.1) is 0 Å². The largest absolute Gasteiger partial charge is 0.493 e. The fraction of sp³-hybridized carbons (Fsp3) is 0.611. The Hall–Kier alpha value is -1.53. The van der Waals surface area contributed by atoms with E-state index in [1.165, 1.54) is 5.56 Å². The van der Waals surface area contributed by atoms with Crippen LogP contribution in [0.3, 0.4) is 0 Å². The monoisotopic (exact) mass is 288 g/mol. The summed E-state index contributed by atoms with van der Waals surface area (Å²) in [6.07, 6.45) is 2.79.